The van der Waals surface area contributed by atoms with Gasteiger partial charge in [0, 0.05) is 12.1 Å². The fourth-order valence-corrected chi connectivity index (χ4v) is 2.65. The highest BCUT2D eigenvalue weighted by atomic mass is 16.1. The molecule has 0 radical (unpaired) electrons. The highest BCUT2D eigenvalue weighted by Crippen LogP contribution is 2.25. The maximum Gasteiger partial charge on any atom is 0.251 e. The van der Waals surface area contributed by atoms with Crippen LogP contribution in [-0.2, 0) is 6.54 Å². The lowest BCUT2D eigenvalue weighted by molar-refractivity contribution is 0.0951. The minimum absolute atomic E-state index is 0.0364. The van der Waals surface area contributed by atoms with Crippen molar-refractivity contribution in [1.29, 1.82) is 0 Å². The van der Waals surface area contributed by atoms with E-state index in [-0.39, 0.29) is 5.91 Å². The molecule has 0 saturated heterocycles. The zero-order valence-corrected chi connectivity index (χ0v) is 13.5. The summed E-state index contributed by atoms with van der Waals surface area (Å²) in [6.45, 7) is 6.98. The summed E-state index contributed by atoms with van der Waals surface area (Å²) in [6.07, 6.45) is 0.992. The third kappa shape index (κ3) is 3.85. The summed E-state index contributed by atoms with van der Waals surface area (Å²) in [5.41, 5.74) is 5.76. The molecule has 0 aliphatic rings. The van der Waals surface area contributed by atoms with Gasteiger partial charge in [-0.25, -0.2) is 0 Å². The number of hydrogen-bond donors (Lipinski definition) is 1. The van der Waals surface area contributed by atoms with Gasteiger partial charge >= 0.3 is 0 Å². The summed E-state index contributed by atoms with van der Waals surface area (Å²) in [5.74, 6) is -0.0364. The predicted molar refractivity (Wildman–Crippen MR) is 92.6 cm³/mol. The number of rotatable bonds is 5. The van der Waals surface area contributed by atoms with Gasteiger partial charge in [0.05, 0.1) is 0 Å². The Morgan fingerprint density at radius 3 is 2.23 bits per heavy atom. The molecule has 0 atom stereocenters. The number of amides is 1. The molecule has 2 heteroatoms. The normalized spacial score (nSPS) is 10.1. The van der Waals surface area contributed by atoms with Crippen LogP contribution in [0, 0.1) is 0 Å². The molecule has 0 saturated carbocycles. The van der Waals surface area contributed by atoms with Crippen molar-refractivity contribution in [3.05, 3.63) is 76.9 Å². The van der Waals surface area contributed by atoms with Crippen molar-refractivity contribution >= 4 is 11.5 Å². The van der Waals surface area contributed by atoms with E-state index in [1.165, 1.54) is 16.7 Å². The van der Waals surface area contributed by atoms with E-state index in [0.29, 0.717) is 12.1 Å². The van der Waals surface area contributed by atoms with Gasteiger partial charge in [-0.15, -0.1) is 0 Å². The summed E-state index contributed by atoms with van der Waals surface area (Å²) >= 11 is 0. The zero-order valence-electron chi connectivity index (χ0n) is 13.5. The molecular weight excluding hydrogens is 270 g/mol. The second kappa shape index (κ2) is 7.60. The molecule has 0 aliphatic carbocycles. The van der Waals surface area contributed by atoms with E-state index >= 15 is 0 Å². The van der Waals surface area contributed by atoms with E-state index in [4.69, 9.17) is 0 Å². The number of allylic oxidation sites excluding steroid dienone is 2. The van der Waals surface area contributed by atoms with Crippen molar-refractivity contribution in [3.63, 3.8) is 0 Å². The highest BCUT2D eigenvalue weighted by molar-refractivity contribution is 5.94. The summed E-state index contributed by atoms with van der Waals surface area (Å²) in [7, 11) is 0. The Kier molecular flexibility index (Phi) is 5.54. The average Bonchev–Trinajstić information content (AvgIpc) is 2.55. The van der Waals surface area contributed by atoms with Gasteiger partial charge in [-0.1, -0.05) is 55.0 Å². The monoisotopic (exact) mass is 293 g/mol. The lowest BCUT2D eigenvalue weighted by Crippen LogP contribution is -2.23. The molecule has 0 heterocycles. The molecule has 1 amide bonds. The minimum atomic E-state index is -0.0364. The Morgan fingerprint density at radius 2 is 1.59 bits per heavy atom. The van der Waals surface area contributed by atoms with Crippen molar-refractivity contribution < 1.29 is 4.79 Å². The number of benzene rings is 2. The third-order valence-corrected chi connectivity index (χ3v) is 3.77. The first-order valence-corrected chi connectivity index (χ1v) is 7.71. The Balaban J connectivity index is 2.18. The maximum atomic E-state index is 12.2. The van der Waals surface area contributed by atoms with Gasteiger partial charge in [-0.2, -0.15) is 0 Å². The number of carbonyl (C=O) groups excluding carboxylic acids is 1. The lowest BCUT2D eigenvalue weighted by Gasteiger charge is -2.14. The van der Waals surface area contributed by atoms with Gasteiger partial charge < -0.3 is 5.32 Å². The standard InChI is InChI=1S/C20H23NO/c1-4-18(15(2)3)19-13-9-8-12-17(19)14-21-20(22)16-10-6-5-7-11-16/h5-13H,4,14H2,1-3H3,(H,21,22). The van der Waals surface area contributed by atoms with Gasteiger partial charge in [-0.05, 0) is 49.1 Å². The van der Waals surface area contributed by atoms with Gasteiger partial charge in [0.15, 0.2) is 0 Å². The van der Waals surface area contributed by atoms with E-state index in [1.807, 2.05) is 36.4 Å². The molecule has 114 valence electrons. The van der Waals surface area contributed by atoms with Crippen LogP contribution in [0.25, 0.3) is 5.57 Å². The number of carbonyl (C=O) groups is 1. The molecule has 0 bridgehead atoms. The molecular formula is C20H23NO. The van der Waals surface area contributed by atoms with Crippen molar-refractivity contribution in [3.8, 4) is 0 Å². The molecule has 0 aromatic heterocycles. The fourth-order valence-electron chi connectivity index (χ4n) is 2.65. The van der Waals surface area contributed by atoms with Crippen LogP contribution in [0.3, 0.4) is 0 Å². The van der Waals surface area contributed by atoms with Crippen LogP contribution in [0.4, 0.5) is 0 Å². The summed E-state index contributed by atoms with van der Waals surface area (Å²) in [5, 5.41) is 3.01. The highest BCUT2D eigenvalue weighted by Gasteiger charge is 2.09. The number of nitrogens with one attached hydrogen (secondary N) is 1. The predicted octanol–water partition coefficient (Wildman–Crippen LogP) is 4.82. The van der Waals surface area contributed by atoms with Crippen LogP contribution in [0.15, 0.2) is 60.2 Å². The summed E-state index contributed by atoms with van der Waals surface area (Å²) in [6, 6.07) is 17.6. The van der Waals surface area contributed by atoms with Crippen molar-refractivity contribution in [2.24, 2.45) is 0 Å². The molecule has 2 rings (SSSR count). The van der Waals surface area contributed by atoms with Crippen LogP contribution in [0.5, 0.6) is 0 Å². The van der Waals surface area contributed by atoms with E-state index in [0.717, 1.165) is 12.0 Å². The minimum Gasteiger partial charge on any atom is -0.348 e. The molecule has 2 nitrogen and oxygen atoms in total. The van der Waals surface area contributed by atoms with Gasteiger partial charge in [0.2, 0.25) is 0 Å². The Labute approximate surface area is 132 Å². The van der Waals surface area contributed by atoms with E-state index in [2.05, 4.69) is 44.3 Å². The fraction of sp³-hybridized carbons (Fsp3) is 0.250. The molecule has 0 fully saturated rings. The molecule has 1 N–H and O–H groups in total. The number of hydrogen-bond acceptors (Lipinski definition) is 1. The van der Waals surface area contributed by atoms with Gasteiger partial charge in [-0.3, -0.25) is 4.79 Å². The molecule has 22 heavy (non-hydrogen) atoms. The summed E-state index contributed by atoms with van der Waals surface area (Å²) < 4.78 is 0. The zero-order chi connectivity index (χ0) is 15.9. The molecule has 2 aromatic rings. The first kappa shape index (κ1) is 16.0. The lowest BCUT2D eigenvalue weighted by atomic mass is 9.94. The SMILES string of the molecule is CCC(=C(C)C)c1ccccc1CNC(=O)c1ccccc1. The first-order valence-electron chi connectivity index (χ1n) is 7.71. The topological polar surface area (TPSA) is 29.1 Å². The van der Waals surface area contributed by atoms with Gasteiger partial charge in [0.1, 0.15) is 0 Å². The second-order valence-corrected chi connectivity index (χ2v) is 5.54. The van der Waals surface area contributed by atoms with Crippen LogP contribution >= 0.6 is 0 Å². The molecule has 2 aromatic carbocycles. The van der Waals surface area contributed by atoms with Crippen LogP contribution in [0.1, 0.15) is 48.7 Å². The summed E-state index contributed by atoms with van der Waals surface area (Å²) in [4.78, 5) is 12.2. The first-order chi connectivity index (χ1) is 10.6. The molecule has 0 aliphatic heterocycles. The maximum absolute atomic E-state index is 12.2. The van der Waals surface area contributed by atoms with E-state index in [9.17, 15) is 4.79 Å². The van der Waals surface area contributed by atoms with Crippen LogP contribution in [-0.4, -0.2) is 5.91 Å². The third-order valence-electron chi connectivity index (χ3n) is 3.77. The quantitative estimate of drug-likeness (QED) is 0.841. The Morgan fingerprint density at radius 1 is 0.955 bits per heavy atom. The van der Waals surface area contributed by atoms with E-state index < -0.39 is 0 Å². The van der Waals surface area contributed by atoms with Crippen molar-refractivity contribution in [1.82, 2.24) is 5.32 Å². The van der Waals surface area contributed by atoms with Crippen molar-refractivity contribution in [2.45, 2.75) is 33.7 Å². The second-order valence-electron chi connectivity index (χ2n) is 5.54. The average molecular weight is 293 g/mol. The van der Waals surface area contributed by atoms with Crippen molar-refractivity contribution in [2.75, 3.05) is 0 Å². The van der Waals surface area contributed by atoms with Crippen LogP contribution < -0.4 is 5.32 Å². The smallest absolute Gasteiger partial charge is 0.251 e. The van der Waals surface area contributed by atoms with E-state index in [1.54, 1.807) is 0 Å². The van der Waals surface area contributed by atoms with Gasteiger partial charge in [0.25, 0.3) is 5.91 Å². The largest absolute Gasteiger partial charge is 0.348 e. The van der Waals surface area contributed by atoms with Crippen LogP contribution in [0.2, 0.25) is 0 Å². The molecule has 0 unspecified atom stereocenters. The molecule has 0 spiro atoms. The Hall–Kier alpha value is -2.35. The Bertz CT molecular complexity index is 667.